The average Bonchev–Trinajstić information content (AvgIpc) is 2.80. The summed E-state index contributed by atoms with van der Waals surface area (Å²) in [4.78, 5) is 7.50. The lowest BCUT2D eigenvalue weighted by atomic mass is 10.2. The first-order valence-electron chi connectivity index (χ1n) is 6.59. The van der Waals surface area contributed by atoms with Crippen molar-refractivity contribution in [2.75, 3.05) is 6.54 Å². The Balaban J connectivity index is 2.09. The Labute approximate surface area is 119 Å². The number of fused-ring (bicyclic) bond motifs is 1. The molecule has 0 amide bonds. The number of aromatic nitrogens is 2. The molecule has 0 spiro atoms. The number of rotatable bonds is 6. The van der Waals surface area contributed by atoms with Crippen molar-refractivity contribution in [2.45, 2.75) is 26.8 Å². The Kier molecular flexibility index (Phi) is 4.42. The molecule has 7 heteroatoms. The van der Waals surface area contributed by atoms with Crippen LogP contribution < -0.4 is 9.44 Å². The Hall–Kier alpha value is -1.44. The van der Waals surface area contributed by atoms with E-state index >= 15 is 0 Å². The second-order valence-electron chi connectivity index (χ2n) is 5.22. The maximum atomic E-state index is 11.9. The van der Waals surface area contributed by atoms with Crippen molar-refractivity contribution in [1.29, 1.82) is 0 Å². The number of imidazole rings is 1. The van der Waals surface area contributed by atoms with Gasteiger partial charge in [-0.05, 0) is 25.0 Å². The number of benzene rings is 1. The van der Waals surface area contributed by atoms with Gasteiger partial charge in [-0.3, -0.25) is 0 Å². The van der Waals surface area contributed by atoms with Gasteiger partial charge in [0.15, 0.2) is 0 Å². The number of nitrogens with one attached hydrogen (secondary N) is 3. The molecule has 0 aliphatic carbocycles. The zero-order valence-corrected chi connectivity index (χ0v) is 12.7. The summed E-state index contributed by atoms with van der Waals surface area (Å²) < 4.78 is 28.8. The van der Waals surface area contributed by atoms with Crippen molar-refractivity contribution < 1.29 is 8.42 Å². The molecule has 1 unspecified atom stereocenters. The van der Waals surface area contributed by atoms with E-state index in [0.717, 1.165) is 11.0 Å². The molecule has 0 bridgehead atoms. The predicted octanol–water partition coefficient (Wildman–Crippen LogP) is 1.70. The van der Waals surface area contributed by atoms with Gasteiger partial charge in [-0.25, -0.2) is 9.71 Å². The van der Waals surface area contributed by atoms with Crippen LogP contribution in [0.2, 0.25) is 0 Å². The lowest BCUT2D eigenvalue weighted by molar-refractivity contribution is 0.532. The minimum absolute atomic E-state index is 0.257. The van der Waals surface area contributed by atoms with Crippen LogP contribution >= 0.6 is 0 Å². The van der Waals surface area contributed by atoms with E-state index in [1.54, 1.807) is 6.92 Å². The standard InChI is InChI=1S/C13H20N4O2S/c1-9(2)8-14-20(18,19)17-10(3)13-15-11-6-4-5-7-12(11)16-13/h4-7,9-10,14,17H,8H2,1-3H3,(H,15,16). The minimum atomic E-state index is -3.52. The van der Waals surface area contributed by atoms with E-state index in [9.17, 15) is 8.42 Å². The van der Waals surface area contributed by atoms with Gasteiger partial charge in [0.05, 0.1) is 17.1 Å². The molecule has 0 aliphatic heterocycles. The van der Waals surface area contributed by atoms with E-state index in [1.807, 2.05) is 38.1 Å². The van der Waals surface area contributed by atoms with Gasteiger partial charge in [-0.1, -0.05) is 26.0 Å². The molecule has 1 aromatic heterocycles. The maximum Gasteiger partial charge on any atom is 0.277 e. The lowest BCUT2D eigenvalue weighted by Gasteiger charge is -2.13. The second kappa shape index (κ2) is 5.90. The van der Waals surface area contributed by atoms with Crippen LogP contribution in [0.15, 0.2) is 24.3 Å². The fraction of sp³-hybridized carbons (Fsp3) is 0.462. The lowest BCUT2D eigenvalue weighted by Crippen LogP contribution is -2.39. The number of hydrogen-bond acceptors (Lipinski definition) is 3. The van der Waals surface area contributed by atoms with Crippen LogP contribution in [0.3, 0.4) is 0 Å². The van der Waals surface area contributed by atoms with Crippen LogP contribution in [-0.4, -0.2) is 24.9 Å². The van der Waals surface area contributed by atoms with Crippen LogP contribution in [0.5, 0.6) is 0 Å². The summed E-state index contributed by atoms with van der Waals surface area (Å²) in [7, 11) is -3.52. The number of hydrogen-bond donors (Lipinski definition) is 3. The zero-order chi connectivity index (χ0) is 14.8. The van der Waals surface area contributed by atoms with Crippen molar-refractivity contribution in [2.24, 2.45) is 5.92 Å². The summed E-state index contributed by atoms with van der Waals surface area (Å²) in [5.41, 5.74) is 1.72. The molecule has 0 aliphatic rings. The van der Waals surface area contributed by atoms with Gasteiger partial charge in [0.25, 0.3) is 10.2 Å². The monoisotopic (exact) mass is 296 g/mol. The summed E-state index contributed by atoms with van der Waals surface area (Å²) in [5.74, 6) is 0.856. The van der Waals surface area contributed by atoms with Crippen LogP contribution in [0.1, 0.15) is 32.6 Å². The first kappa shape index (κ1) is 15.0. The predicted molar refractivity (Wildman–Crippen MR) is 79.4 cm³/mol. The van der Waals surface area contributed by atoms with Crippen LogP contribution in [0.4, 0.5) is 0 Å². The zero-order valence-electron chi connectivity index (χ0n) is 11.8. The number of aromatic amines is 1. The Morgan fingerprint density at radius 1 is 1.25 bits per heavy atom. The quantitative estimate of drug-likeness (QED) is 0.758. The van der Waals surface area contributed by atoms with E-state index in [-0.39, 0.29) is 5.92 Å². The van der Waals surface area contributed by atoms with Gasteiger partial charge in [0, 0.05) is 6.54 Å². The van der Waals surface area contributed by atoms with Crippen molar-refractivity contribution >= 4 is 21.2 Å². The fourth-order valence-corrected chi connectivity index (χ4v) is 3.00. The van der Waals surface area contributed by atoms with Gasteiger partial charge < -0.3 is 4.98 Å². The molecule has 1 heterocycles. The van der Waals surface area contributed by atoms with Crippen LogP contribution in [-0.2, 0) is 10.2 Å². The topological polar surface area (TPSA) is 86.9 Å². The van der Waals surface area contributed by atoms with Crippen LogP contribution in [0.25, 0.3) is 11.0 Å². The van der Waals surface area contributed by atoms with Crippen molar-refractivity contribution in [3.63, 3.8) is 0 Å². The van der Waals surface area contributed by atoms with E-state index in [0.29, 0.717) is 12.4 Å². The number of nitrogens with zero attached hydrogens (tertiary/aromatic N) is 1. The summed E-state index contributed by atoms with van der Waals surface area (Å²) in [6.07, 6.45) is 0. The van der Waals surface area contributed by atoms with Gasteiger partial charge in [0.2, 0.25) is 0 Å². The molecule has 0 saturated carbocycles. The molecule has 0 fully saturated rings. The summed E-state index contributed by atoms with van der Waals surface area (Å²) in [6.45, 7) is 6.06. The highest BCUT2D eigenvalue weighted by atomic mass is 32.2. The molecule has 2 rings (SSSR count). The molecule has 6 nitrogen and oxygen atoms in total. The largest absolute Gasteiger partial charge is 0.341 e. The van der Waals surface area contributed by atoms with Gasteiger partial charge in [-0.2, -0.15) is 13.1 Å². The number of H-pyrrole nitrogens is 1. The van der Waals surface area contributed by atoms with Crippen molar-refractivity contribution in [3.05, 3.63) is 30.1 Å². The summed E-state index contributed by atoms with van der Waals surface area (Å²) >= 11 is 0. The second-order valence-corrected chi connectivity index (χ2v) is 6.76. The molecule has 3 N–H and O–H groups in total. The molecule has 2 aromatic rings. The first-order valence-corrected chi connectivity index (χ1v) is 8.07. The number of para-hydroxylation sites is 2. The Bertz CT molecular complexity index is 645. The van der Waals surface area contributed by atoms with Gasteiger partial charge in [-0.15, -0.1) is 0 Å². The molecular weight excluding hydrogens is 276 g/mol. The SMILES string of the molecule is CC(C)CNS(=O)(=O)NC(C)c1nc2ccccc2[nH]1. The fourth-order valence-electron chi connectivity index (χ4n) is 1.78. The summed E-state index contributed by atoms with van der Waals surface area (Å²) in [6, 6.07) is 7.17. The first-order chi connectivity index (χ1) is 9.37. The van der Waals surface area contributed by atoms with E-state index in [1.165, 1.54) is 0 Å². The third-order valence-corrected chi connectivity index (χ3v) is 4.04. The molecule has 1 aromatic carbocycles. The van der Waals surface area contributed by atoms with Crippen LogP contribution in [0, 0.1) is 5.92 Å². The normalized spacial score (nSPS) is 14.0. The molecular formula is C13H20N4O2S. The molecule has 0 radical (unpaired) electrons. The molecule has 20 heavy (non-hydrogen) atoms. The Morgan fingerprint density at radius 3 is 2.60 bits per heavy atom. The molecule has 110 valence electrons. The van der Waals surface area contributed by atoms with Crippen molar-refractivity contribution in [1.82, 2.24) is 19.4 Å². The highest BCUT2D eigenvalue weighted by Crippen LogP contribution is 2.15. The highest BCUT2D eigenvalue weighted by molar-refractivity contribution is 7.87. The average molecular weight is 296 g/mol. The van der Waals surface area contributed by atoms with Gasteiger partial charge in [0.1, 0.15) is 5.82 Å². The molecule has 0 saturated heterocycles. The maximum absolute atomic E-state index is 11.9. The smallest absolute Gasteiger partial charge is 0.277 e. The van der Waals surface area contributed by atoms with E-state index in [2.05, 4.69) is 19.4 Å². The summed E-state index contributed by atoms with van der Waals surface area (Å²) in [5, 5.41) is 0. The van der Waals surface area contributed by atoms with Gasteiger partial charge >= 0.3 is 0 Å². The van der Waals surface area contributed by atoms with E-state index < -0.39 is 16.3 Å². The van der Waals surface area contributed by atoms with Crippen molar-refractivity contribution in [3.8, 4) is 0 Å². The van der Waals surface area contributed by atoms with E-state index in [4.69, 9.17) is 0 Å². The Morgan fingerprint density at radius 2 is 1.95 bits per heavy atom. The minimum Gasteiger partial charge on any atom is -0.341 e. The molecule has 1 atom stereocenters. The third kappa shape index (κ3) is 3.78. The highest BCUT2D eigenvalue weighted by Gasteiger charge is 2.18. The third-order valence-electron chi connectivity index (χ3n) is 2.83.